The summed E-state index contributed by atoms with van der Waals surface area (Å²) in [4.78, 5) is 48.6. The van der Waals surface area contributed by atoms with Gasteiger partial charge in [0, 0.05) is 135 Å². The normalized spacial score (nSPS) is 11.3. The quantitative estimate of drug-likeness (QED) is 0.0544. The van der Waals surface area contributed by atoms with Crippen LogP contribution in [0.3, 0.4) is 0 Å². The maximum atomic E-state index is 12.2. The Hall–Kier alpha value is -3.29. The number of nitrogens with one attached hydrogen (secondary N) is 3. The molecule has 423 valence electrons. The van der Waals surface area contributed by atoms with Crippen LogP contribution in [0.25, 0.3) is 0 Å². The Balaban J connectivity index is -0.000000223. The Morgan fingerprint density at radius 3 is 1.10 bits per heavy atom. The van der Waals surface area contributed by atoms with Gasteiger partial charge in [-0.05, 0) is 101 Å². The van der Waals surface area contributed by atoms with Crippen molar-refractivity contribution < 1.29 is 128 Å². The molecule has 3 atom stereocenters. The fraction of sp³-hybridized carbons (Fsp3) is 0.429. The van der Waals surface area contributed by atoms with E-state index in [0.717, 1.165) is 33.5 Å². The first-order chi connectivity index (χ1) is 35.9. The fourth-order valence-electron chi connectivity index (χ4n) is 5.67. The third kappa shape index (κ3) is 38.4. The second kappa shape index (κ2) is 51.8. The summed E-state index contributed by atoms with van der Waals surface area (Å²) < 4.78 is 0. The Kier molecular flexibility index (Phi) is 57.1. The molecular weight excluding hydrogens is 1200 g/mol. The molecule has 12 nitrogen and oxygen atoms in total. The summed E-state index contributed by atoms with van der Waals surface area (Å²) in [6.45, 7) is 34.3. The zero-order valence-corrected chi connectivity index (χ0v) is 59.0. The van der Waals surface area contributed by atoms with Crippen LogP contribution in [0, 0.1) is 39.0 Å². The van der Waals surface area contributed by atoms with Crippen LogP contribution < -0.4 is 16.0 Å². The summed E-state index contributed by atoms with van der Waals surface area (Å²) in [6, 6.07) is 38.2. The molecule has 0 spiro atoms. The summed E-state index contributed by atoms with van der Waals surface area (Å²) >= 11 is 0. The molecule has 6 aromatic rings. The SMILES string of the molecule is CC.CC.CC.CC.CC.CC.Cc1[c-]cc(NC(=O)C(C)(O)CCc2ccccn2)cc1.Cc1[c-]cc(NC(=O)C(C)(O)CCc2cccnc2)cc1.Cc1[c-]cc(NC(=O)C(C)(O)CCc2ccncc2)cc1.[Y].[Y].[Y]. The van der Waals surface area contributed by atoms with Crippen LogP contribution in [0.1, 0.15) is 157 Å². The zero-order chi connectivity index (χ0) is 57.9. The molecule has 78 heavy (non-hydrogen) atoms. The van der Waals surface area contributed by atoms with E-state index in [1.807, 2.05) is 165 Å². The van der Waals surface area contributed by atoms with E-state index >= 15 is 0 Å². The molecule has 0 fully saturated rings. The van der Waals surface area contributed by atoms with Gasteiger partial charge in [0.05, 0.1) is 0 Å². The van der Waals surface area contributed by atoms with E-state index in [2.05, 4.69) is 49.1 Å². The first-order valence-corrected chi connectivity index (χ1v) is 26.7. The number of amides is 3. The van der Waals surface area contributed by atoms with Gasteiger partial charge in [-0.1, -0.05) is 133 Å². The molecule has 0 saturated heterocycles. The van der Waals surface area contributed by atoms with Gasteiger partial charge in [0.2, 0.25) is 17.7 Å². The van der Waals surface area contributed by atoms with Crippen molar-refractivity contribution >= 4 is 34.8 Å². The van der Waals surface area contributed by atoms with Crippen molar-refractivity contribution in [1.29, 1.82) is 0 Å². The summed E-state index contributed by atoms with van der Waals surface area (Å²) in [5.74, 6) is -1.24. The molecule has 3 amide bonds. The average Bonchev–Trinajstić information content (AvgIpc) is 3.45. The Labute approximate surface area is 547 Å². The van der Waals surface area contributed by atoms with Crippen LogP contribution >= 0.6 is 0 Å². The van der Waals surface area contributed by atoms with Gasteiger partial charge in [-0.15, -0.1) is 18.2 Å². The average molecular weight is 1300 g/mol. The van der Waals surface area contributed by atoms with Crippen LogP contribution in [-0.4, -0.2) is 64.8 Å². The molecule has 0 aliphatic carbocycles. The third-order valence-electron chi connectivity index (χ3n) is 10.0. The van der Waals surface area contributed by atoms with Crippen LogP contribution in [0.2, 0.25) is 0 Å². The van der Waals surface area contributed by atoms with Crippen molar-refractivity contribution in [2.24, 2.45) is 0 Å². The van der Waals surface area contributed by atoms with E-state index in [1.54, 1.807) is 67.4 Å². The molecule has 0 saturated carbocycles. The summed E-state index contributed by atoms with van der Waals surface area (Å²) in [7, 11) is 0. The van der Waals surface area contributed by atoms with Gasteiger partial charge >= 0.3 is 0 Å². The largest absolute Gasteiger partial charge is 0.380 e. The molecule has 0 aliphatic rings. The van der Waals surface area contributed by atoms with Gasteiger partial charge in [-0.3, -0.25) is 29.3 Å². The van der Waals surface area contributed by atoms with Gasteiger partial charge < -0.3 is 31.3 Å². The van der Waals surface area contributed by atoms with Crippen molar-refractivity contribution in [2.75, 3.05) is 16.0 Å². The zero-order valence-electron chi connectivity index (χ0n) is 50.5. The number of anilines is 3. The maximum Gasteiger partial charge on any atom is 0.245 e. The van der Waals surface area contributed by atoms with Crippen molar-refractivity contribution in [2.45, 2.75) is 180 Å². The van der Waals surface area contributed by atoms with Gasteiger partial charge in [0.25, 0.3) is 0 Å². The maximum absolute atomic E-state index is 12.2. The topological polar surface area (TPSA) is 187 Å². The molecule has 6 N–H and O–H groups in total. The van der Waals surface area contributed by atoms with Gasteiger partial charge in [-0.2, -0.15) is 71.3 Å². The van der Waals surface area contributed by atoms with Crippen LogP contribution in [0.4, 0.5) is 17.1 Å². The number of aliphatic hydroxyl groups is 3. The standard InChI is InChI=1S/3C17H19N2O2.6C2H6.3Y/c1-13-3-5-15(6-4-13)19-16(20)17(2,21)10-7-14-8-11-18-12-9-14;1-13-5-7-15(8-6-13)19-16(20)17(2,21)10-9-14-4-3-11-18-12-14;1-13-6-8-15(9-7-13)19-16(20)17(2,21)11-10-14-5-3-4-12-18-14;6*1-2;;;/h3,5-6,8-9,11-12,21H,7,10H2,1-2H3,(H,19,20);3-5,7-8,11-12,21H,9-10H2,1-2H3,(H,19,20);3-6,8-9,12,21H,10-11H2,1-2H3,(H,19,20);6*1-2H3;;;/q3*-1;;;;;;;;;. The predicted molar refractivity (Wildman–Crippen MR) is 314 cm³/mol. The van der Waals surface area contributed by atoms with Crippen molar-refractivity contribution in [3.8, 4) is 0 Å². The number of aryl methyl sites for hydroxylation is 6. The second-order valence-corrected chi connectivity index (χ2v) is 16.0. The summed E-state index contributed by atoms with van der Waals surface area (Å²) in [6.07, 6.45) is 11.3. The second-order valence-electron chi connectivity index (χ2n) is 16.0. The van der Waals surface area contributed by atoms with Crippen LogP contribution in [-0.2, 0) is 132 Å². The molecule has 3 unspecified atom stereocenters. The Morgan fingerprint density at radius 2 is 0.795 bits per heavy atom. The minimum Gasteiger partial charge on any atom is -0.380 e. The number of hydrogen-bond donors (Lipinski definition) is 6. The summed E-state index contributed by atoms with van der Waals surface area (Å²) in [5, 5.41) is 39.1. The van der Waals surface area contributed by atoms with E-state index in [1.165, 1.54) is 20.8 Å². The monoisotopic (exact) mass is 1300 g/mol. The number of nitrogens with zero attached hydrogens (tertiary/aromatic N) is 3. The predicted octanol–water partition coefficient (Wildman–Crippen LogP) is 13.7. The Bertz CT molecular complexity index is 2060. The number of carbonyl (C=O) groups is 3. The van der Waals surface area contributed by atoms with Crippen molar-refractivity contribution in [3.05, 3.63) is 180 Å². The third-order valence-corrected chi connectivity index (χ3v) is 10.0. The van der Waals surface area contributed by atoms with Gasteiger partial charge in [-0.25, -0.2) is 0 Å². The first kappa shape index (κ1) is 86.0. The minimum absolute atomic E-state index is 0. The molecule has 0 aliphatic heterocycles. The fourth-order valence-corrected chi connectivity index (χ4v) is 5.67. The molecule has 3 heterocycles. The Morgan fingerprint density at radius 1 is 0.436 bits per heavy atom. The molecular formula is C63H93N6O6Y3-3. The van der Waals surface area contributed by atoms with E-state index in [9.17, 15) is 29.7 Å². The number of hydrogen-bond acceptors (Lipinski definition) is 9. The summed E-state index contributed by atoms with van der Waals surface area (Å²) in [5.41, 5.74) is 3.48. The number of aromatic nitrogens is 3. The minimum atomic E-state index is -1.44. The number of pyridine rings is 3. The molecule has 0 bridgehead atoms. The smallest absolute Gasteiger partial charge is 0.245 e. The van der Waals surface area contributed by atoms with Crippen molar-refractivity contribution in [1.82, 2.24) is 15.0 Å². The van der Waals surface area contributed by atoms with Gasteiger partial charge in [0.15, 0.2) is 0 Å². The van der Waals surface area contributed by atoms with E-state index in [-0.39, 0.29) is 98.1 Å². The van der Waals surface area contributed by atoms with E-state index in [4.69, 9.17) is 0 Å². The number of carbonyl (C=O) groups excluding carboxylic acids is 3. The van der Waals surface area contributed by atoms with E-state index < -0.39 is 34.5 Å². The van der Waals surface area contributed by atoms with Crippen LogP contribution in [0.5, 0.6) is 0 Å². The van der Waals surface area contributed by atoms with Gasteiger partial charge in [0.1, 0.15) is 16.8 Å². The van der Waals surface area contributed by atoms with Crippen molar-refractivity contribution in [3.63, 3.8) is 0 Å². The molecule has 15 heteroatoms. The first-order valence-electron chi connectivity index (χ1n) is 26.7. The molecule has 6 rings (SSSR count). The molecule has 3 aromatic heterocycles. The molecule has 3 aromatic carbocycles. The van der Waals surface area contributed by atoms with E-state index in [0.29, 0.717) is 55.6 Å². The molecule has 3 radical (unpaired) electrons. The number of benzene rings is 3. The van der Waals surface area contributed by atoms with Crippen LogP contribution in [0.15, 0.2) is 128 Å². The number of rotatable bonds is 15.